The molecule has 2 N–H and O–H groups in total. The molecule has 8 heteroatoms. The average Bonchev–Trinajstić information content (AvgIpc) is 2.39. The van der Waals surface area contributed by atoms with Gasteiger partial charge in [0.2, 0.25) is 23.1 Å². The maximum Gasteiger partial charge on any atom is 0.231 e. The van der Waals surface area contributed by atoms with Gasteiger partial charge in [0.25, 0.3) is 0 Å². The molecule has 0 unspecified atom stereocenters. The number of carbonyl (C=O) groups is 1. The Bertz CT molecular complexity index is 424. The first kappa shape index (κ1) is 15.4. The van der Waals surface area contributed by atoms with Gasteiger partial charge < -0.3 is 15.5 Å². The summed E-state index contributed by atoms with van der Waals surface area (Å²) in [6, 6.07) is 0. The molecule has 1 heterocycles. The third-order valence-electron chi connectivity index (χ3n) is 2.56. The van der Waals surface area contributed by atoms with Gasteiger partial charge in [0.05, 0.1) is 0 Å². The molecule has 0 aromatic carbocycles. The summed E-state index contributed by atoms with van der Waals surface area (Å²) < 4.78 is 0. The van der Waals surface area contributed by atoms with Crippen LogP contribution in [0.5, 0.6) is 0 Å². The number of rotatable bonds is 7. The van der Waals surface area contributed by atoms with Crippen LogP contribution in [0.2, 0.25) is 5.28 Å². The predicted octanol–water partition coefficient (Wildman–Crippen LogP) is 0.919. The molecule has 1 aromatic heterocycles. The van der Waals surface area contributed by atoms with Gasteiger partial charge in [-0.2, -0.15) is 15.0 Å². The highest BCUT2D eigenvalue weighted by molar-refractivity contribution is 6.28. The topological polar surface area (TPSA) is 83.0 Å². The van der Waals surface area contributed by atoms with E-state index in [0.29, 0.717) is 24.9 Å². The van der Waals surface area contributed by atoms with Crippen LogP contribution in [-0.4, -0.2) is 47.5 Å². The number of hydrogen-bond acceptors (Lipinski definition) is 6. The van der Waals surface area contributed by atoms with Gasteiger partial charge in [-0.25, -0.2) is 0 Å². The average molecular weight is 287 g/mol. The third kappa shape index (κ3) is 4.86. The summed E-state index contributed by atoms with van der Waals surface area (Å²) in [5.74, 6) is 0.870. The second-order valence-electron chi connectivity index (χ2n) is 3.75. The lowest BCUT2D eigenvalue weighted by atomic mass is 10.4. The molecule has 1 amide bonds. The maximum absolute atomic E-state index is 11.1. The molecule has 0 aliphatic rings. The second-order valence-corrected chi connectivity index (χ2v) is 4.09. The van der Waals surface area contributed by atoms with E-state index in [1.54, 1.807) is 7.05 Å². The van der Waals surface area contributed by atoms with E-state index in [1.807, 2.05) is 18.7 Å². The SMILES string of the molecule is CCN(CC)c1nc(Cl)nc(NCCC(=O)NC)n1. The van der Waals surface area contributed by atoms with Gasteiger partial charge in [-0.15, -0.1) is 0 Å². The van der Waals surface area contributed by atoms with Gasteiger partial charge in [-0.05, 0) is 25.4 Å². The van der Waals surface area contributed by atoms with Crippen LogP contribution >= 0.6 is 11.6 Å². The van der Waals surface area contributed by atoms with Crippen molar-refractivity contribution < 1.29 is 4.79 Å². The van der Waals surface area contributed by atoms with Gasteiger partial charge in [-0.3, -0.25) is 4.79 Å². The quantitative estimate of drug-likeness (QED) is 0.775. The molecule has 19 heavy (non-hydrogen) atoms. The standard InChI is InChI=1S/C11H19ClN6O/c1-4-18(5-2)11-16-9(12)15-10(17-11)14-7-6-8(19)13-3/h4-7H2,1-3H3,(H,13,19)(H,14,15,16,17). The Morgan fingerprint density at radius 3 is 2.53 bits per heavy atom. The van der Waals surface area contributed by atoms with E-state index in [1.165, 1.54) is 0 Å². The van der Waals surface area contributed by atoms with Crippen LogP contribution in [0.1, 0.15) is 20.3 Å². The highest BCUT2D eigenvalue weighted by Crippen LogP contribution is 2.13. The fraction of sp³-hybridized carbons (Fsp3) is 0.636. The minimum Gasteiger partial charge on any atom is -0.359 e. The molecule has 0 atom stereocenters. The van der Waals surface area contributed by atoms with Crippen LogP contribution < -0.4 is 15.5 Å². The van der Waals surface area contributed by atoms with Crippen molar-refractivity contribution in [3.63, 3.8) is 0 Å². The first-order chi connectivity index (χ1) is 9.10. The van der Waals surface area contributed by atoms with E-state index in [9.17, 15) is 4.79 Å². The van der Waals surface area contributed by atoms with Crippen LogP contribution in [0.15, 0.2) is 0 Å². The molecular weight excluding hydrogens is 268 g/mol. The van der Waals surface area contributed by atoms with Gasteiger partial charge >= 0.3 is 0 Å². The lowest BCUT2D eigenvalue weighted by molar-refractivity contribution is -0.120. The Kier molecular flexibility index (Phi) is 6.27. The molecule has 0 saturated carbocycles. The fourth-order valence-corrected chi connectivity index (χ4v) is 1.64. The van der Waals surface area contributed by atoms with Crippen molar-refractivity contribution in [3.05, 3.63) is 5.28 Å². The molecule has 7 nitrogen and oxygen atoms in total. The molecule has 1 aromatic rings. The minimum atomic E-state index is -0.0448. The minimum absolute atomic E-state index is 0.0448. The van der Waals surface area contributed by atoms with Crippen LogP contribution in [0.4, 0.5) is 11.9 Å². The number of halogens is 1. The molecule has 1 rings (SSSR count). The molecule has 0 radical (unpaired) electrons. The normalized spacial score (nSPS) is 10.1. The van der Waals surface area contributed by atoms with Gasteiger partial charge in [-0.1, -0.05) is 0 Å². The Balaban J connectivity index is 2.71. The number of aromatic nitrogens is 3. The van der Waals surface area contributed by atoms with Gasteiger partial charge in [0.15, 0.2) is 0 Å². The number of carbonyl (C=O) groups excluding carboxylic acids is 1. The predicted molar refractivity (Wildman–Crippen MR) is 75.6 cm³/mol. The number of amides is 1. The second kappa shape index (κ2) is 7.73. The number of nitrogens with one attached hydrogen (secondary N) is 2. The lowest BCUT2D eigenvalue weighted by Crippen LogP contribution is -2.25. The highest BCUT2D eigenvalue weighted by atomic mass is 35.5. The Labute approximate surface area is 117 Å². The maximum atomic E-state index is 11.1. The summed E-state index contributed by atoms with van der Waals surface area (Å²) in [6.07, 6.45) is 0.348. The molecule has 0 saturated heterocycles. The first-order valence-corrected chi connectivity index (χ1v) is 6.59. The van der Waals surface area contributed by atoms with Crippen LogP contribution in [0, 0.1) is 0 Å². The number of nitrogens with zero attached hydrogens (tertiary/aromatic N) is 4. The smallest absolute Gasteiger partial charge is 0.231 e. The fourth-order valence-electron chi connectivity index (χ4n) is 1.48. The molecular formula is C11H19ClN6O. The van der Waals surface area contributed by atoms with Crippen LogP contribution in [0.3, 0.4) is 0 Å². The highest BCUT2D eigenvalue weighted by Gasteiger charge is 2.10. The molecule has 0 aliphatic carbocycles. The zero-order valence-corrected chi connectivity index (χ0v) is 12.2. The van der Waals surface area contributed by atoms with Crippen LogP contribution in [0.25, 0.3) is 0 Å². The van der Waals surface area contributed by atoms with E-state index >= 15 is 0 Å². The molecule has 0 aliphatic heterocycles. The van der Waals surface area contributed by atoms with E-state index in [4.69, 9.17) is 11.6 Å². The summed E-state index contributed by atoms with van der Waals surface area (Å²) in [7, 11) is 1.60. The van der Waals surface area contributed by atoms with Crippen molar-refractivity contribution in [2.24, 2.45) is 0 Å². The van der Waals surface area contributed by atoms with Crippen molar-refractivity contribution in [2.75, 3.05) is 36.9 Å². The van der Waals surface area contributed by atoms with Gasteiger partial charge in [0.1, 0.15) is 0 Å². The molecule has 0 bridgehead atoms. The summed E-state index contributed by atoms with van der Waals surface area (Å²) >= 11 is 5.87. The summed E-state index contributed by atoms with van der Waals surface area (Å²) in [6.45, 7) is 6.04. The Hall–Kier alpha value is -1.63. The van der Waals surface area contributed by atoms with Crippen molar-refractivity contribution in [2.45, 2.75) is 20.3 Å². The van der Waals surface area contributed by atoms with Crippen molar-refractivity contribution >= 4 is 29.4 Å². The van der Waals surface area contributed by atoms with E-state index < -0.39 is 0 Å². The summed E-state index contributed by atoms with van der Waals surface area (Å²) in [5, 5.41) is 5.64. The first-order valence-electron chi connectivity index (χ1n) is 6.21. The monoisotopic (exact) mass is 286 g/mol. The van der Waals surface area contributed by atoms with Crippen molar-refractivity contribution in [3.8, 4) is 0 Å². The van der Waals surface area contributed by atoms with Crippen LogP contribution in [-0.2, 0) is 4.79 Å². The van der Waals surface area contributed by atoms with Gasteiger partial charge in [0, 0.05) is 33.1 Å². The summed E-state index contributed by atoms with van der Waals surface area (Å²) in [5.41, 5.74) is 0. The Morgan fingerprint density at radius 2 is 1.95 bits per heavy atom. The van der Waals surface area contributed by atoms with E-state index in [2.05, 4.69) is 25.6 Å². The molecule has 0 fully saturated rings. The van der Waals surface area contributed by atoms with Crippen molar-refractivity contribution in [1.29, 1.82) is 0 Å². The lowest BCUT2D eigenvalue weighted by Gasteiger charge is -2.18. The largest absolute Gasteiger partial charge is 0.359 e. The zero-order chi connectivity index (χ0) is 14.3. The van der Waals surface area contributed by atoms with E-state index in [-0.39, 0.29) is 11.2 Å². The van der Waals surface area contributed by atoms with Crippen molar-refractivity contribution in [1.82, 2.24) is 20.3 Å². The summed E-state index contributed by atoms with van der Waals surface area (Å²) in [4.78, 5) is 25.4. The number of anilines is 2. The third-order valence-corrected chi connectivity index (χ3v) is 2.73. The number of hydrogen-bond donors (Lipinski definition) is 2. The Morgan fingerprint density at radius 1 is 1.26 bits per heavy atom. The zero-order valence-electron chi connectivity index (χ0n) is 11.4. The van der Waals surface area contributed by atoms with E-state index in [0.717, 1.165) is 13.1 Å². The molecule has 0 spiro atoms. The molecule has 106 valence electrons.